The molecule has 0 atom stereocenters. The van der Waals surface area contributed by atoms with Gasteiger partial charge >= 0.3 is 0 Å². The number of nitrogens with zero attached hydrogens (tertiary/aromatic N) is 1. The van der Waals surface area contributed by atoms with Gasteiger partial charge in [0.1, 0.15) is 11.6 Å². The molecule has 0 unspecified atom stereocenters. The molecule has 1 heterocycles. The Labute approximate surface area is 131 Å². The van der Waals surface area contributed by atoms with Gasteiger partial charge in [-0.2, -0.15) is 0 Å². The van der Waals surface area contributed by atoms with Crippen LogP contribution in [0.15, 0.2) is 23.1 Å². The summed E-state index contributed by atoms with van der Waals surface area (Å²) in [7, 11) is -4.05. The fourth-order valence-electron chi connectivity index (χ4n) is 2.43. The molecule has 3 rings (SSSR count). The summed E-state index contributed by atoms with van der Waals surface area (Å²) in [4.78, 5) is 4.94. The van der Waals surface area contributed by atoms with Gasteiger partial charge in [0.15, 0.2) is 5.13 Å². The Hall–Kier alpha value is -1.54. The lowest BCUT2D eigenvalue weighted by molar-refractivity contribution is 0.568. The lowest BCUT2D eigenvalue weighted by atomic mass is 10.2. The maximum absolute atomic E-state index is 13.2. The summed E-state index contributed by atoms with van der Waals surface area (Å²) >= 11 is 1.29. The van der Waals surface area contributed by atoms with Gasteiger partial charge in [-0.05, 0) is 37.8 Å². The summed E-state index contributed by atoms with van der Waals surface area (Å²) in [6.07, 6.45) is 4.98. The molecule has 1 aromatic carbocycles. The van der Waals surface area contributed by atoms with Crippen molar-refractivity contribution in [3.63, 3.8) is 0 Å². The molecule has 1 aromatic heterocycles. The van der Waals surface area contributed by atoms with Crippen LogP contribution < -0.4 is 4.72 Å². The molecule has 22 heavy (non-hydrogen) atoms. The van der Waals surface area contributed by atoms with E-state index in [-0.39, 0.29) is 5.13 Å². The molecule has 0 aliphatic heterocycles. The van der Waals surface area contributed by atoms with Gasteiger partial charge in [-0.3, -0.25) is 4.72 Å². The number of thiazole rings is 1. The van der Waals surface area contributed by atoms with E-state index in [0.29, 0.717) is 6.07 Å². The van der Waals surface area contributed by atoms with Crippen LogP contribution in [-0.2, 0) is 22.9 Å². The fourth-order valence-corrected chi connectivity index (χ4v) is 4.76. The molecule has 0 saturated heterocycles. The first-order chi connectivity index (χ1) is 10.4. The number of halogens is 2. The molecule has 118 valence electrons. The zero-order valence-corrected chi connectivity index (χ0v) is 13.2. The van der Waals surface area contributed by atoms with Crippen molar-refractivity contribution < 1.29 is 17.2 Å². The number of aromatic nitrogens is 1. The topological polar surface area (TPSA) is 59.1 Å². The molecule has 0 spiro atoms. The van der Waals surface area contributed by atoms with E-state index in [1.54, 1.807) is 0 Å². The summed E-state index contributed by atoms with van der Waals surface area (Å²) in [5, 5.41) is 0.247. The molecular weight excluding hydrogens is 330 g/mol. The third-order valence-corrected chi connectivity index (χ3v) is 5.98. The number of fused-ring (bicyclic) bond motifs is 1. The predicted octanol–water partition coefficient (Wildman–Crippen LogP) is 3.49. The Morgan fingerprint density at radius 1 is 1.05 bits per heavy atom. The molecule has 2 aromatic rings. The monoisotopic (exact) mass is 344 g/mol. The van der Waals surface area contributed by atoms with Crippen molar-refractivity contribution in [2.75, 3.05) is 4.72 Å². The molecule has 8 heteroatoms. The molecule has 0 fully saturated rings. The lowest BCUT2D eigenvalue weighted by Gasteiger charge is -2.05. The maximum atomic E-state index is 13.2. The summed E-state index contributed by atoms with van der Waals surface area (Å²) in [6.45, 7) is 0. The highest BCUT2D eigenvalue weighted by molar-refractivity contribution is 7.93. The number of hydrogen-bond donors (Lipinski definition) is 1. The van der Waals surface area contributed by atoms with Crippen molar-refractivity contribution in [2.24, 2.45) is 0 Å². The Kier molecular flexibility index (Phi) is 4.14. The highest BCUT2D eigenvalue weighted by Crippen LogP contribution is 2.30. The van der Waals surface area contributed by atoms with E-state index in [1.165, 1.54) is 11.3 Å². The van der Waals surface area contributed by atoms with Gasteiger partial charge in [-0.25, -0.2) is 22.2 Å². The minimum atomic E-state index is -4.05. The summed E-state index contributed by atoms with van der Waals surface area (Å²) in [5.41, 5.74) is 0.922. The van der Waals surface area contributed by atoms with Gasteiger partial charge in [-0.15, -0.1) is 11.3 Å². The Morgan fingerprint density at radius 3 is 2.45 bits per heavy atom. The molecule has 4 nitrogen and oxygen atoms in total. The van der Waals surface area contributed by atoms with Crippen LogP contribution in [0.1, 0.15) is 29.8 Å². The maximum Gasteiger partial charge on any atom is 0.263 e. The summed E-state index contributed by atoms with van der Waals surface area (Å²) in [5.74, 6) is -1.87. The van der Waals surface area contributed by atoms with E-state index in [4.69, 9.17) is 0 Å². The number of anilines is 1. The molecule has 1 aliphatic rings. The zero-order valence-electron chi connectivity index (χ0n) is 11.6. The van der Waals surface area contributed by atoms with Crippen molar-refractivity contribution in [2.45, 2.75) is 37.0 Å². The third kappa shape index (κ3) is 3.27. The minimum absolute atomic E-state index is 0.247. The number of aryl methyl sites for hydroxylation is 2. The first-order valence-corrected chi connectivity index (χ1v) is 9.21. The van der Waals surface area contributed by atoms with Crippen LogP contribution in [0.2, 0.25) is 0 Å². The van der Waals surface area contributed by atoms with Gasteiger partial charge in [0.25, 0.3) is 10.0 Å². The lowest BCUT2D eigenvalue weighted by Crippen LogP contribution is -2.13. The minimum Gasteiger partial charge on any atom is -0.255 e. The van der Waals surface area contributed by atoms with Crippen LogP contribution in [-0.4, -0.2) is 13.4 Å². The third-order valence-electron chi connectivity index (χ3n) is 3.46. The average molecular weight is 344 g/mol. The van der Waals surface area contributed by atoms with Crippen molar-refractivity contribution in [1.29, 1.82) is 0 Å². The Morgan fingerprint density at radius 2 is 1.73 bits per heavy atom. The second kappa shape index (κ2) is 5.92. The Balaban J connectivity index is 1.88. The van der Waals surface area contributed by atoms with E-state index in [1.807, 2.05) is 0 Å². The smallest absolute Gasteiger partial charge is 0.255 e. The SMILES string of the molecule is O=S(=O)(Nc1nc2c(s1)CCCCC2)c1cc(F)cc(F)c1. The summed E-state index contributed by atoms with van der Waals surface area (Å²) < 4.78 is 53.1. The van der Waals surface area contributed by atoms with Crippen LogP contribution in [0.25, 0.3) is 0 Å². The van der Waals surface area contributed by atoms with Gasteiger partial charge in [-0.1, -0.05) is 6.42 Å². The van der Waals surface area contributed by atoms with Gasteiger partial charge in [0.2, 0.25) is 0 Å². The van der Waals surface area contributed by atoms with Crippen LogP contribution in [0.3, 0.4) is 0 Å². The number of nitrogens with one attached hydrogen (secondary N) is 1. The van der Waals surface area contributed by atoms with Crippen LogP contribution in [0.4, 0.5) is 13.9 Å². The number of benzene rings is 1. The fraction of sp³-hybridized carbons (Fsp3) is 0.357. The molecule has 0 bridgehead atoms. The van der Waals surface area contributed by atoms with E-state index in [9.17, 15) is 17.2 Å². The first kappa shape index (κ1) is 15.4. The Bertz CT molecular complexity index is 759. The zero-order chi connectivity index (χ0) is 15.7. The van der Waals surface area contributed by atoms with Gasteiger partial charge in [0.05, 0.1) is 10.6 Å². The van der Waals surface area contributed by atoms with Crippen molar-refractivity contribution in [1.82, 2.24) is 4.98 Å². The van der Waals surface area contributed by atoms with Crippen LogP contribution >= 0.6 is 11.3 Å². The average Bonchev–Trinajstić information content (AvgIpc) is 2.65. The summed E-state index contributed by atoms with van der Waals surface area (Å²) in [6, 6.07) is 2.19. The second-order valence-corrected chi connectivity index (χ2v) is 7.93. The highest BCUT2D eigenvalue weighted by atomic mass is 32.2. The molecule has 0 saturated carbocycles. The first-order valence-electron chi connectivity index (χ1n) is 6.91. The second-order valence-electron chi connectivity index (χ2n) is 5.16. The van der Waals surface area contributed by atoms with Gasteiger partial charge < -0.3 is 0 Å². The normalized spacial score (nSPS) is 15.2. The molecule has 0 radical (unpaired) electrons. The quantitative estimate of drug-likeness (QED) is 0.867. The van der Waals surface area contributed by atoms with E-state index >= 15 is 0 Å². The molecular formula is C14H14F2N2O2S2. The number of hydrogen-bond acceptors (Lipinski definition) is 4. The standard InChI is InChI=1S/C14H14F2N2O2S2/c15-9-6-10(16)8-11(7-9)22(19,20)18-14-17-12-4-2-1-3-5-13(12)21-14/h6-8H,1-5H2,(H,17,18). The predicted molar refractivity (Wildman–Crippen MR) is 80.5 cm³/mol. The van der Waals surface area contributed by atoms with E-state index < -0.39 is 26.6 Å². The molecule has 0 amide bonds. The van der Waals surface area contributed by atoms with Crippen molar-refractivity contribution in [3.05, 3.63) is 40.4 Å². The van der Waals surface area contributed by atoms with E-state index in [2.05, 4.69) is 9.71 Å². The van der Waals surface area contributed by atoms with Crippen LogP contribution in [0.5, 0.6) is 0 Å². The van der Waals surface area contributed by atoms with Crippen molar-refractivity contribution in [3.8, 4) is 0 Å². The van der Waals surface area contributed by atoms with Crippen molar-refractivity contribution >= 4 is 26.5 Å². The van der Waals surface area contributed by atoms with E-state index in [0.717, 1.165) is 54.8 Å². The highest BCUT2D eigenvalue weighted by Gasteiger charge is 2.20. The van der Waals surface area contributed by atoms with Gasteiger partial charge in [0, 0.05) is 10.9 Å². The molecule has 1 aliphatic carbocycles. The largest absolute Gasteiger partial charge is 0.263 e. The number of sulfonamides is 1. The van der Waals surface area contributed by atoms with Crippen LogP contribution in [0, 0.1) is 11.6 Å². The number of rotatable bonds is 3. The molecule has 1 N–H and O–H groups in total.